The van der Waals surface area contributed by atoms with Gasteiger partial charge in [-0.15, -0.1) is 0 Å². The van der Waals surface area contributed by atoms with Gasteiger partial charge in [-0.25, -0.2) is 4.79 Å². The van der Waals surface area contributed by atoms with Crippen LogP contribution in [0.5, 0.6) is 17.2 Å². The first kappa shape index (κ1) is 44.3. The monoisotopic (exact) mass is 572 g/mol. The van der Waals surface area contributed by atoms with Crippen molar-refractivity contribution >= 4 is 20.7 Å². The molecule has 3 rings (SSSR count). The predicted octanol–water partition coefficient (Wildman–Crippen LogP) is 5.64. The Bertz CT molecular complexity index is 1010. The van der Waals surface area contributed by atoms with Crippen molar-refractivity contribution in [2.75, 3.05) is 0 Å². The summed E-state index contributed by atoms with van der Waals surface area (Å²) in [5.41, 5.74) is 0.831. The molecule has 0 atom stereocenters. The van der Waals surface area contributed by atoms with Gasteiger partial charge in [0.2, 0.25) is 0 Å². The topological polar surface area (TPSA) is 169 Å². The van der Waals surface area contributed by atoms with E-state index in [2.05, 4.69) is 0 Å². The zero-order chi connectivity index (χ0) is 29.6. The Kier molecular flexibility index (Phi) is 38.9. The molecule has 210 valence electrons. The van der Waals surface area contributed by atoms with Crippen LogP contribution in [-0.4, -0.2) is 46.2 Å². The van der Waals surface area contributed by atoms with Crippen LogP contribution >= 0.6 is 0 Å². The molecule has 0 heterocycles. The molecule has 0 unspecified atom stereocenters. The van der Waals surface area contributed by atoms with E-state index in [1.54, 1.807) is 54.6 Å². The maximum atomic E-state index is 10.3. The Balaban J connectivity index is -0.000000123. The number of phenols is 3. The van der Waals surface area contributed by atoms with Crippen molar-refractivity contribution < 1.29 is 57.6 Å². The van der Waals surface area contributed by atoms with Gasteiger partial charge in [-0.1, -0.05) is 84.0 Å². The quantitative estimate of drug-likeness (QED) is 0.197. The number of carbonyl (C=O) groups excluding carboxylic acids is 1. The third-order valence-corrected chi connectivity index (χ3v) is 3.36. The van der Waals surface area contributed by atoms with Gasteiger partial charge in [0.25, 0.3) is 0 Å². The number of hydrogen-bond acceptors (Lipinski definition) is 8. The number of rotatable bonds is 3. The number of aromatic carboxylic acids is 1. The molecule has 0 aliphatic heterocycles. The molecule has 3 aromatic carbocycles. The van der Waals surface area contributed by atoms with E-state index < -0.39 is 20.8 Å². The van der Waals surface area contributed by atoms with Crippen molar-refractivity contribution in [2.24, 2.45) is 0 Å². The molecular formula is C27H38BMnO9. The van der Waals surface area contributed by atoms with E-state index in [1.165, 1.54) is 18.2 Å². The molecule has 5 N–H and O–H groups in total. The van der Waals surface area contributed by atoms with Crippen molar-refractivity contribution in [3.05, 3.63) is 89.5 Å². The molecule has 0 aliphatic carbocycles. The average molecular weight is 572 g/mol. The molecule has 9 nitrogen and oxygen atoms in total. The first-order valence-corrected chi connectivity index (χ1v) is 12.3. The maximum absolute atomic E-state index is 10.3. The molecule has 0 spiro atoms. The van der Waals surface area contributed by atoms with Crippen LogP contribution in [0.2, 0.25) is 0 Å². The Hall–Kier alpha value is -3.66. The normalized spacial score (nSPS) is 7.55. The van der Waals surface area contributed by atoms with Crippen LogP contribution < -0.4 is 0 Å². The molecule has 0 saturated heterocycles. The Morgan fingerprint density at radius 1 is 0.711 bits per heavy atom. The standard InChI is InChI=1S/C7H6O3.C7H8O2.C7H6O2.3C2H6.B.Mn.2O/c8-6-4-2-1-3-5(6)7(9)10;2*8-5-6-3-1-2-4-7(6)9;3*1-2;;;;/h1-4,8H,(H,9,10);1-4,8-9H,5H2;1-5,9H;3*1-2H3;;;;. The molecule has 38 heavy (non-hydrogen) atoms. The zero-order valence-corrected chi connectivity index (χ0v) is 23.7. The minimum absolute atomic E-state index is 0. The van der Waals surface area contributed by atoms with Gasteiger partial charge >= 0.3 is 28.5 Å². The van der Waals surface area contributed by atoms with Crippen molar-refractivity contribution in [3.8, 4) is 17.2 Å². The van der Waals surface area contributed by atoms with Crippen LogP contribution in [0.4, 0.5) is 0 Å². The summed E-state index contributed by atoms with van der Waals surface area (Å²) in [5, 5.41) is 43.7. The fourth-order valence-corrected chi connectivity index (χ4v) is 1.89. The molecule has 0 aliphatic rings. The van der Waals surface area contributed by atoms with E-state index in [9.17, 15) is 9.59 Å². The number of para-hydroxylation sites is 3. The molecule has 3 radical (unpaired) electrons. The van der Waals surface area contributed by atoms with Crippen molar-refractivity contribution in [1.82, 2.24) is 0 Å². The number of hydrogen-bond donors (Lipinski definition) is 5. The summed E-state index contributed by atoms with van der Waals surface area (Å²) in [6.45, 7) is 11.9. The van der Waals surface area contributed by atoms with Crippen LogP contribution in [0, 0.1) is 0 Å². The number of carboxylic acids is 1. The molecule has 0 bridgehead atoms. The second-order valence-corrected chi connectivity index (χ2v) is 5.55. The fourth-order valence-electron chi connectivity index (χ4n) is 1.89. The molecular weight excluding hydrogens is 534 g/mol. The van der Waals surface area contributed by atoms with Crippen molar-refractivity contribution in [2.45, 2.75) is 48.1 Å². The van der Waals surface area contributed by atoms with Gasteiger partial charge in [0.05, 0.1) is 12.2 Å². The number of aliphatic hydroxyl groups is 1. The summed E-state index contributed by atoms with van der Waals surface area (Å²) < 4.78 is 16.8. The zero-order valence-electron chi connectivity index (χ0n) is 22.5. The van der Waals surface area contributed by atoms with Crippen molar-refractivity contribution in [3.63, 3.8) is 0 Å². The minimum atomic E-state index is -1.44. The number of aliphatic hydroxyl groups excluding tert-OH is 1. The number of carbonyl (C=O) groups is 2. The van der Waals surface area contributed by atoms with Crippen LogP contribution in [0.1, 0.15) is 67.8 Å². The molecule has 0 amide bonds. The fraction of sp³-hybridized carbons (Fsp3) is 0.259. The first-order valence-electron chi connectivity index (χ1n) is 11.3. The molecule has 0 saturated carbocycles. The molecule has 11 heteroatoms. The first-order chi connectivity index (χ1) is 17.8. The predicted molar refractivity (Wildman–Crippen MR) is 144 cm³/mol. The van der Waals surface area contributed by atoms with E-state index in [0.717, 1.165) is 0 Å². The van der Waals surface area contributed by atoms with E-state index >= 15 is 0 Å². The third-order valence-electron chi connectivity index (χ3n) is 3.36. The van der Waals surface area contributed by atoms with Gasteiger partial charge < -0.3 is 25.5 Å². The third kappa shape index (κ3) is 22.8. The Morgan fingerprint density at radius 2 is 1.08 bits per heavy atom. The SMILES string of the molecule is CC.CC.CC.O=C(O)c1ccccc1O.O=Cc1ccccc1O.OCc1ccccc1O.[B].[O]=[Mn]=[O]. The van der Waals surface area contributed by atoms with E-state index in [4.69, 9.17) is 33.2 Å². The van der Waals surface area contributed by atoms with Crippen LogP contribution in [0.15, 0.2) is 72.8 Å². The van der Waals surface area contributed by atoms with E-state index in [1.807, 2.05) is 41.5 Å². The Morgan fingerprint density at radius 3 is 1.34 bits per heavy atom. The number of aromatic hydroxyl groups is 3. The van der Waals surface area contributed by atoms with Crippen LogP contribution in [-0.2, 0) is 29.1 Å². The van der Waals surface area contributed by atoms with Crippen LogP contribution in [0.3, 0.4) is 0 Å². The Labute approximate surface area is 233 Å². The second-order valence-electron chi connectivity index (χ2n) is 5.35. The number of aldehydes is 1. The summed E-state index contributed by atoms with van der Waals surface area (Å²) in [4.78, 5) is 20.3. The van der Waals surface area contributed by atoms with Crippen molar-refractivity contribution in [1.29, 1.82) is 0 Å². The van der Waals surface area contributed by atoms with Gasteiger partial charge in [0.1, 0.15) is 22.8 Å². The summed E-state index contributed by atoms with van der Waals surface area (Å²) in [5.74, 6) is -1.12. The second kappa shape index (κ2) is 33.3. The summed E-state index contributed by atoms with van der Waals surface area (Å²) in [7, 11) is 0. The number of phenolic OH excluding ortho intramolecular Hbond substituents is 1. The van der Waals surface area contributed by atoms with Gasteiger partial charge in [-0.3, -0.25) is 4.79 Å². The van der Waals surface area contributed by atoms with Gasteiger partial charge in [-0.05, 0) is 30.3 Å². The molecule has 0 fully saturated rings. The average Bonchev–Trinajstić information content (AvgIpc) is 2.94. The van der Waals surface area contributed by atoms with Crippen LogP contribution in [0.25, 0.3) is 0 Å². The van der Waals surface area contributed by atoms with E-state index in [0.29, 0.717) is 17.4 Å². The molecule has 0 aromatic heterocycles. The van der Waals surface area contributed by atoms with Gasteiger partial charge in [0, 0.05) is 14.0 Å². The van der Waals surface area contributed by atoms with Gasteiger partial charge in [0.15, 0.2) is 6.29 Å². The summed E-state index contributed by atoms with van der Waals surface area (Å²) in [6.07, 6.45) is 0.620. The summed E-state index contributed by atoms with van der Waals surface area (Å²) >= 11 is -1.44. The summed E-state index contributed by atoms with van der Waals surface area (Å²) in [6, 6.07) is 18.9. The number of benzene rings is 3. The van der Waals surface area contributed by atoms with Gasteiger partial charge in [-0.2, -0.15) is 0 Å². The number of carboxylic acid groups (broad SMARTS) is 1. The van der Waals surface area contributed by atoms with E-state index in [-0.39, 0.29) is 37.8 Å². The molecule has 3 aromatic rings.